The Morgan fingerprint density at radius 2 is 2.07 bits per heavy atom. The van der Waals surface area contributed by atoms with Gasteiger partial charge in [0.05, 0.1) is 18.2 Å². The normalized spacial score (nSPS) is 12.1. The van der Waals surface area contributed by atoms with E-state index in [9.17, 15) is 4.57 Å². The molecule has 3 N–H and O–H groups in total. The van der Waals surface area contributed by atoms with Crippen molar-refractivity contribution in [2.75, 3.05) is 0 Å². The van der Waals surface area contributed by atoms with Crippen molar-refractivity contribution in [2.24, 2.45) is 0 Å². The zero-order valence-electron chi connectivity index (χ0n) is 14.3. The molecule has 0 aliphatic heterocycles. The summed E-state index contributed by atoms with van der Waals surface area (Å²) in [4.78, 5) is 38.2. The second-order valence-electron chi connectivity index (χ2n) is 5.81. The van der Waals surface area contributed by atoms with Crippen LogP contribution in [0.1, 0.15) is 11.4 Å². The monoisotopic (exact) mass is 390 g/mol. The molecule has 0 spiro atoms. The number of H-pyrrole nitrogens is 1. The van der Waals surface area contributed by atoms with Crippen LogP contribution in [0.25, 0.3) is 28.7 Å². The summed E-state index contributed by atoms with van der Waals surface area (Å²) in [5.41, 5.74) is 2.67. The standard InChI is InChI=1S/C14H15N8O4P/c1-8-3-16-14-19-11(12(21(14)5-8)10-4-15-6-17-10)13-18-9(2)20-22(13)7-26-27(23,24)25/h3-6H,7H2,1-2H3,(H,15,17)(H2,23,24,25). The van der Waals surface area contributed by atoms with Crippen molar-refractivity contribution in [1.82, 2.24) is 39.1 Å². The largest absolute Gasteiger partial charge is 0.471 e. The molecule has 12 nitrogen and oxygen atoms in total. The van der Waals surface area contributed by atoms with Crippen LogP contribution in [0.4, 0.5) is 0 Å². The summed E-state index contributed by atoms with van der Waals surface area (Å²) >= 11 is 0. The first-order chi connectivity index (χ1) is 12.8. The number of hydrogen-bond donors (Lipinski definition) is 3. The zero-order valence-corrected chi connectivity index (χ0v) is 15.2. The van der Waals surface area contributed by atoms with Crippen molar-refractivity contribution in [3.63, 3.8) is 0 Å². The molecular weight excluding hydrogens is 375 g/mol. The fourth-order valence-electron chi connectivity index (χ4n) is 2.68. The lowest BCUT2D eigenvalue weighted by molar-refractivity contribution is 0.146. The molecule has 0 atom stereocenters. The van der Waals surface area contributed by atoms with Crippen molar-refractivity contribution in [1.29, 1.82) is 0 Å². The maximum atomic E-state index is 11.1. The topological polar surface area (TPSA) is 156 Å². The van der Waals surface area contributed by atoms with Gasteiger partial charge in [0.2, 0.25) is 5.78 Å². The van der Waals surface area contributed by atoms with Gasteiger partial charge in [-0.25, -0.2) is 29.2 Å². The second kappa shape index (κ2) is 6.35. The lowest BCUT2D eigenvalue weighted by atomic mass is 10.2. The van der Waals surface area contributed by atoms with Gasteiger partial charge in [-0.05, 0) is 19.4 Å². The lowest BCUT2D eigenvalue weighted by Crippen LogP contribution is -2.06. The quantitative estimate of drug-likeness (QED) is 0.424. The number of fused-ring (bicyclic) bond motifs is 1. The fourth-order valence-corrected chi connectivity index (χ4v) is 2.94. The Hall–Kier alpha value is -2.92. The van der Waals surface area contributed by atoms with Gasteiger partial charge < -0.3 is 14.8 Å². The van der Waals surface area contributed by atoms with E-state index < -0.39 is 14.6 Å². The van der Waals surface area contributed by atoms with Crippen LogP contribution in [-0.4, -0.2) is 48.9 Å². The van der Waals surface area contributed by atoms with Gasteiger partial charge in [-0.3, -0.25) is 8.92 Å². The molecule has 0 aromatic carbocycles. The van der Waals surface area contributed by atoms with Gasteiger partial charge in [-0.2, -0.15) is 5.10 Å². The molecule has 4 aromatic heterocycles. The summed E-state index contributed by atoms with van der Waals surface area (Å²) in [6, 6.07) is 0. The van der Waals surface area contributed by atoms with Crippen LogP contribution in [0, 0.1) is 13.8 Å². The molecule has 0 aliphatic carbocycles. The van der Waals surface area contributed by atoms with Crippen molar-refractivity contribution >= 4 is 13.6 Å². The van der Waals surface area contributed by atoms with Crippen LogP contribution < -0.4 is 0 Å². The molecule has 0 amide bonds. The Kier molecular flexibility index (Phi) is 4.12. The van der Waals surface area contributed by atoms with E-state index >= 15 is 0 Å². The predicted octanol–water partition coefficient (Wildman–Crippen LogP) is 1.06. The van der Waals surface area contributed by atoms with Gasteiger partial charge in [-0.1, -0.05) is 0 Å². The third-order valence-corrected chi connectivity index (χ3v) is 4.15. The third-order valence-electron chi connectivity index (χ3n) is 3.70. The average Bonchev–Trinajstić information content (AvgIpc) is 3.29. The highest BCUT2D eigenvalue weighted by atomic mass is 31.2. The number of imidazole rings is 2. The van der Waals surface area contributed by atoms with Crippen LogP contribution in [-0.2, 0) is 15.8 Å². The molecule has 13 heteroatoms. The van der Waals surface area contributed by atoms with Gasteiger partial charge in [0.15, 0.2) is 12.6 Å². The Balaban J connectivity index is 1.92. The minimum Gasteiger partial charge on any atom is -0.343 e. The number of aromatic nitrogens is 8. The maximum absolute atomic E-state index is 11.1. The number of hydrogen-bond acceptors (Lipinski definition) is 7. The smallest absolute Gasteiger partial charge is 0.343 e. The Bertz CT molecular complexity index is 1160. The van der Waals surface area contributed by atoms with E-state index in [2.05, 4.69) is 34.5 Å². The highest BCUT2D eigenvalue weighted by Crippen LogP contribution is 2.37. The number of rotatable bonds is 5. The number of aromatic amines is 1. The number of phosphoric ester groups is 1. The molecule has 0 radical (unpaired) electrons. The van der Waals surface area contributed by atoms with E-state index in [1.54, 1.807) is 23.7 Å². The van der Waals surface area contributed by atoms with Crippen LogP contribution in [0.3, 0.4) is 0 Å². The van der Waals surface area contributed by atoms with E-state index in [1.165, 1.54) is 11.0 Å². The van der Waals surface area contributed by atoms with Gasteiger partial charge >= 0.3 is 7.82 Å². The van der Waals surface area contributed by atoms with Crippen LogP contribution in [0.5, 0.6) is 0 Å². The summed E-state index contributed by atoms with van der Waals surface area (Å²) in [6.45, 7) is 3.08. The molecule has 0 saturated heterocycles. The number of phosphoric acid groups is 1. The predicted molar refractivity (Wildman–Crippen MR) is 92.2 cm³/mol. The number of nitrogens with zero attached hydrogens (tertiary/aromatic N) is 7. The molecule has 0 aliphatic rings. The van der Waals surface area contributed by atoms with Crippen molar-refractivity contribution in [3.8, 4) is 22.9 Å². The Labute approximate surface area is 152 Å². The van der Waals surface area contributed by atoms with Crippen molar-refractivity contribution < 1.29 is 18.9 Å². The van der Waals surface area contributed by atoms with E-state index in [-0.39, 0.29) is 5.82 Å². The molecule has 0 fully saturated rings. The third kappa shape index (κ3) is 3.38. The molecule has 0 unspecified atom stereocenters. The molecule has 0 saturated carbocycles. The van der Waals surface area contributed by atoms with Crippen LogP contribution in [0.15, 0.2) is 24.9 Å². The summed E-state index contributed by atoms with van der Waals surface area (Å²) in [5.74, 6) is 1.12. The first-order valence-electron chi connectivity index (χ1n) is 7.77. The fraction of sp³-hybridized carbons (Fsp3) is 0.214. The van der Waals surface area contributed by atoms with E-state index in [0.29, 0.717) is 28.7 Å². The lowest BCUT2D eigenvalue weighted by Gasteiger charge is -2.07. The number of aryl methyl sites for hydroxylation is 2. The second-order valence-corrected chi connectivity index (χ2v) is 7.05. The zero-order chi connectivity index (χ0) is 19.2. The summed E-state index contributed by atoms with van der Waals surface area (Å²) < 4.78 is 18.7. The SMILES string of the molecule is Cc1cnc2nc(-c3nc(C)nn3COP(=O)(O)O)c(-c3cnc[nH]3)n2c1. The summed E-state index contributed by atoms with van der Waals surface area (Å²) in [5, 5.41) is 4.14. The average molecular weight is 390 g/mol. The first-order valence-corrected chi connectivity index (χ1v) is 9.30. The molecule has 4 rings (SSSR count). The van der Waals surface area contributed by atoms with Gasteiger partial charge in [0, 0.05) is 12.4 Å². The minimum atomic E-state index is -4.67. The maximum Gasteiger partial charge on any atom is 0.471 e. The summed E-state index contributed by atoms with van der Waals surface area (Å²) in [6.07, 6.45) is 6.73. The van der Waals surface area contributed by atoms with Crippen LogP contribution in [0.2, 0.25) is 0 Å². The molecule has 0 bridgehead atoms. The molecule has 27 heavy (non-hydrogen) atoms. The van der Waals surface area contributed by atoms with Crippen LogP contribution >= 0.6 is 7.82 Å². The number of nitrogens with one attached hydrogen (secondary N) is 1. The minimum absolute atomic E-state index is 0.286. The van der Waals surface area contributed by atoms with Gasteiger partial charge in [-0.15, -0.1) is 0 Å². The molecule has 4 aromatic rings. The van der Waals surface area contributed by atoms with E-state index in [1.807, 2.05) is 13.1 Å². The highest BCUT2D eigenvalue weighted by Gasteiger charge is 2.24. The highest BCUT2D eigenvalue weighted by molar-refractivity contribution is 7.46. The van der Waals surface area contributed by atoms with Crippen molar-refractivity contribution in [3.05, 3.63) is 36.3 Å². The van der Waals surface area contributed by atoms with Crippen molar-refractivity contribution in [2.45, 2.75) is 20.6 Å². The van der Waals surface area contributed by atoms with Gasteiger partial charge in [0.25, 0.3) is 0 Å². The molecule has 140 valence electrons. The Morgan fingerprint density at radius 1 is 1.26 bits per heavy atom. The van der Waals surface area contributed by atoms with E-state index in [4.69, 9.17) is 9.79 Å². The van der Waals surface area contributed by atoms with Gasteiger partial charge in [0.1, 0.15) is 17.2 Å². The summed E-state index contributed by atoms with van der Waals surface area (Å²) in [7, 11) is -4.67. The Morgan fingerprint density at radius 3 is 2.78 bits per heavy atom. The van der Waals surface area contributed by atoms with E-state index in [0.717, 1.165) is 5.56 Å². The molecular formula is C14H15N8O4P. The molecule has 4 heterocycles. The first kappa shape index (κ1) is 17.5.